The average molecular weight is 214 g/mol. The van der Waals surface area contributed by atoms with Gasteiger partial charge in [0, 0.05) is 13.1 Å². The fraction of sp³-hybridized carbons (Fsp3) is 0.357. The van der Waals surface area contributed by atoms with Crippen molar-refractivity contribution in [1.82, 2.24) is 4.90 Å². The van der Waals surface area contributed by atoms with E-state index in [9.17, 15) is 0 Å². The fourth-order valence-corrected chi connectivity index (χ4v) is 1.98. The van der Waals surface area contributed by atoms with Crippen molar-refractivity contribution >= 4 is 11.9 Å². The van der Waals surface area contributed by atoms with Gasteiger partial charge in [-0.25, -0.2) is 0 Å². The molecule has 0 amide bonds. The number of hydrogen-bond donors (Lipinski definition) is 1. The van der Waals surface area contributed by atoms with Crippen LogP contribution in [0.5, 0.6) is 0 Å². The molecule has 0 unspecified atom stereocenters. The third-order valence-corrected chi connectivity index (χ3v) is 2.93. The molecule has 1 aliphatic rings. The number of nitrogens with zero attached hydrogens (tertiary/aromatic N) is 1. The van der Waals surface area contributed by atoms with Gasteiger partial charge >= 0.3 is 0 Å². The normalized spacial score (nSPS) is 16.6. The number of amidine groups is 1. The van der Waals surface area contributed by atoms with Gasteiger partial charge in [0.05, 0.1) is 0 Å². The number of piperidine rings is 1. The Balaban J connectivity index is 1.93. The summed E-state index contributed by atoms with van der Waals surface area (Å²) in [5.74, 6) is 0.642. The summed E-state index contributed by atoms with van der Waals surface area (Å²) < 4.78 is 0. The Morgan fingerprint density at radius 2 is 1.75 bits per heavy atom. The second-order valence-corrected chi connectivity index (χ2v) is 4.18. The van der Waals surface area contributed by atoms with Gasteiger partial charge in [-0.15, -0.1) is 0 Å². The molecule has 0 spiro atoms. The van der Waals surface area contributed by atoms with E-state index in [-0.39, 0.29) is 0 Å². The first kappa shape index (κ1) is 10.9. The molecule has 0 saturated carbocycles. The summed E-state index contributed by atoms with van der Waals surface area (Å²) in [6.07, 6.45) is 7.67. The van der Waals surface area contributed by atoms with Gasteiger partial charge in [0.15, 0.2) is 0 Å². The third kappa shape index (κ3) is 2.96. The molecule has 0 bridgehead atoms. The monoisotopic (exact) mass is 214 g/mol. The van der Waals surface area contributed by atoms with E-state index in [4.69, 9.17) is 5.41 Å². The van der Waals surface area contributed by atoms with E-state index in [1.807, 2.05) is 30.4 Å². The number of rotatable bonds is 2. The molecule has 16 heavy (non-hydrogen) atoms. The zero-order valence-corrected chi connectivity index (χ0v) is 9.52. The highest BCUT2D eigenvalue weighted by molar-refractivity contribution is 5.94. The zero-order chi connectivity index (χ0) is 11.2. The molecule has 1 aromatic rings. The van der Waals surface area contributed by atoms with Crippen molar-refractivity contribution in [2.24, 2.45) is 0 Å². The van der Waals surface area contributed by atoms with Gasteiger partial charge in [0.1, 0.15) is 5.84 Å². The molecule has 1 saturated heterocycles. The smallest absolute Gasteiger partial charge is 0.120 e. The average Bonchev–Trinajstić information content (AvgIpc) is 2.38. The molecule has 0 aromatic heterocycles. The van der Waals surface area contributed by atoms with E-state index in [1.165, 1.54) is 19.3 Å². The highest BCUT2D eigenvalue weighted by Gasteiger charge is 2.10. The number of nitrogens with one attached hydrogen (secondary N) is 1. The molecule has 1 fully saturated rings. The summed E-state index contributed by atoms with van der Waals surface area (Å²) in [5, 5.41) is 7.97. The molecule has 2 heteroatoms. The first-order valence-corrected chi connectivity index (χ1v) is 5.93. The molecule has 1 aliphatic heterocycles. The molecule has 0 aliphatic carbocycles. The minimum absolute atomic E-state index is 0.642. The highest BCUT2D eigenvalue weighted by Crippen LogP contribution is 2.10. The summed E-state index contributed by atoms with van der Waals surface area (Å²) in [5.41, 5.74) is 1.16. The van der Waals surface area contributed by atoms with Crippen LogP contribution in [0.4, 0.5) is 0 Å². The highest BCUT2D eigenvalue weighted by atomic mass is 15.2. The minimum Gasteiger partial charge on any atom is -0.357 e. The van der Waals surface area contributed by atoms with E-state index in [2.05, 4.69) is 17.0 Å². The van der Waals surface area contributed by atoms with Gasteiger partial charge in [-0.2, -0.15) is 0 Å². The van der Waals surface area contributed by atoms with Crippen molar-refractivity contribution in [3.8, 4) is 0 Å². The van der Waals surface area contributed by atoms with E-state index in [1.54, 1.807) is 0 Å². The van der Waals surface area contributed by atoms with Crippen molar-refractivity contribution < 1.29 is 0 Å². The van der Waals surface area contributed by atoms with E-state index in [0.717, 1.165) is 18.7 Å². The maximum atomic E-state index is 7.97. The molecule has 84 valence electrons. The van der Waals surface area contributed by atoms with Gasteiger partial charge < -0.3 is 4.90 Å². The van der Waals surface area contributed by atoms with Gasteiger partial charge in [-0.3, -0.25) is 5.41 Å². The van der Waals surface area contributed by atoms with Gasteiger partial charge in [-0.1, -0.05) is 36.4 Å². The maximum absolute atomic E-state index is 7.97. The predicted molar refractivity (Wildman–Crippen MR) is 68.6 cm³/mol. The molecule has 2 nitrogen and oxygen atoms in total. The molecular formula is C14H18N2. The number of likely N-dealkylation sites (tertiary alicyclic amines) is 1. The lowest BCUT2D eigenvalue weighted by molar-refractivity contribution is 0.342. The molecule has 1 N–H and O–H groups in total. The summed E-state index contributed by atoms with van der Waals surface area (Å²) in [4.78, 5) is 2.16. The van der Waals surface area contributed by atoms with E-state index >= 15 is 0 Å². The topological polar surface area (TPSA) is 27.1 Å². The quantitative estimate of drug-likeness (QED) is 0.594. The third-order valence-electron chi connectivity index (χ3n) is 2.93. The Hall–Kier alpha value is -1.57. The molecular weight excluding hydrogens is 196 g/mol. The number of benzene rings is 1. The van der Waals surface area contributed by atoms with Crippen LogP contribution in [0, 0.1) is 5.41 Å². The molecule has 2 rings (SSSR count). The minimum atomic E-state index is 0.642. The van der Waals surface area contributed by atoms with Crippen molar-refractivity contribution in [1.29, 1.82) is 5.41 Å². The zero-order valence-electron chi connectivity index (χ0n) is 9.52. The summed E-state index contributed by atoms with van der Waals surface area (Å²) in [7, 11) is 0. The fourth-order valence-electron chi connectivity index (χ4n) is 1.98. The van der Waals surface area contributed by atoms with E-state index in [0.29, 0.717) is 5.84 Å². The largest absolute Gasteiger partial charge is 0.357 e. The van der Waals surface area contributed by atoms with Crippen LogP contribution < -0.4 is 0 Å². The van der Waals surface area contributed by atoms with Crippen LogP contribution in [0.2, 0.25) is 0 Å². The van der Waals surface area contributed by atoms with Gasteiger partial charge in [0.2, 0.25) is 0 Å². The standard InChI is InChI=1S/C14H18N2/c15-14(16-11-5-2-6-12-16)10-9-13-7-3-1-4-8-13/h1,3-4,7-10,15H,2,5-6,11-12H2/b10-9+,15-14?. The summed E-state index contributed by atoms with van der Waals surface area (Å²) in [6, 6.07) is 10.2. The number of hydrogen-bond acceptors (Lipinski definition) is 1. The van der Waals surface area contributed by atoms with Gasteiger partial charge in [0.25, 0.3) is 0 Å². The lowest BCUT2D eigenvalue weighted by atomic mass is 10.1. The first-order chi connectivity index (χ1) is 7.86. The molecule has 0 radical (unpaired) electrons. The van der Waals surface area contributed by atoms with Crippen LogP contribution in [0.25, 0.3) is 6.08 Å². The van der Waals surface area contributed by atoms with Crippen molar-refractivity contribution in [3.05, 3.63) is 42.0 Å². The molecule has 1 heterocycles. The van der Waals surface area contributed by atoms with Crippen LogP contribution in [-0.4, -0.2) is 23.8 Å². The second-order valence-electron chi connectivity index (χ2n) is 4.18. The lowest BCUT2D eigenvalue weighted by Gasteiger charge is -2.27. The Morgan fingerprint density at radius 1 is 1.06 bits per heavy atom. The lowest BCUT2D eigenvalue weighted by Crippen LogP contribution is -2.33. The Bertz CT molecular complexity index is 362. The predicted octanol–water partition coefficient (Wildman–Crippen LogP) is 3.16. The Morgan fingerprint density at radius 3 is 2.44 bits per heavy atom. The summed E-state index contributed by atoms with van der Waals surface area (Å²) in [6.45, 7) is 2.08. The van der Waals surface area contributed by atoms with Crippen molar-refractivity contribution in [2.75, 3.05) is 13.1 Å². The van der Waals surface area contributed by atoms with Crippen LogP contribution in [-0.2, 0) is 0 Å². The first-order valence-electron chi connectivity index (χ1n) is 5.93. The van der Waals surface area contributed by atoms with Crippen LogP contribution >= 0.6 is 0 Å². The van der Waals surface area contributed by atoms with Crippen LogP contribution in [0.15, 0.2) is 36.4 Å². The van der Waals surface area contributed by atoms with Gasteiger partial charge in [-0.05, 0) is 30.9 Å². The maximum Gasteiger partial charge on any atom is 0.120 e. The summed E-state index contributed by atoms with van der Waals surface area (Å²) >= 11 is 0. The van der Waals surface area contributed by atoms with Crippen LogP contribution in [0.3, 0.4) is 0 Å². The Kier molecular flexibility index (Phi) is 3.76. The van der Waals surface area contributed by atoms with Crippen molar-refractivity contribution in [3.63, 3.8) is 0 Å². The van der Waals surface area contributed by atoms with Crippen molar-refractivity contribution in [2.45, 2.75) is 19.3 Å². The van der Waals surface area contributed by atoms with E-state index < -0.39 is 0 Å². The SMILES string of the molecule is N=C(/C=C/c1ccccc1)N1CCCCC1. The molecule has 0 atom stereocenters. The molecule has 1 aromatic carbocycles. The second kappa shape index (κ2) is 5.50. The Labute approximate surface area is 97.1 Å². The van der Waals surface area contributed by atoms with Crippen LogP contribution in [0.1, 0.15) is 24.8 Å².